The number of halogens is 1. The summed E-state index contributed by atoms with van der Waals surface area (Å²) in [4.78, 5) is 0. The highest BCUT2D eigenvalue weighted by molar-refractivity contribution is 5.32. The fourth-order valence-electron chi connectivity index (χ4n) is 1.20. The van der Waals surface area contributed by atoms with Crippen LogP contribution in [0.25, 0.3) is 0 Å². The Bertz CT molecular complexity index is 321. The van der Waals surface area contributed by atoms with Gasteiger partial charge in [-0.3, -0.25) is 0 Å². The highest BCUT2D eigenvalue weighted by atomic mass is 19.1. The maximum Gasteiger partial charge on any atom is 0.127 e. The number of methoxy groups -OCH3 is 1. The minimum Gasteiger partial charge on any atom is -0.497 e. The van der Waals surface area contributed by atoms with Gasteiger partial charge in [0.15, 0.2) is 0 Å². The molecule has 0 fully saturated rings. The predicted molar refractivity (Wildman–Crippen MR) is 52.8 cm³/mol. The van der Waals surface area contributed by atoms with Crippen molar-refractivity contribution in [3.63, 3.8) is 0 Å². The lowest BCUT2D eigenvalue weighted by Gasteiger charge is -2.22. The van der Waals surface area contributed by atoms with Gasteiger partial charge < -0.3 is 9.84 Å². The van der Waals surface area contributed by atoms with Gasteiger partial charge in [-0.25, -0.2) is 4.39 Å². The Morgan fingerprint density at radius 3 is 2.57 bits per heavy atom. The Morgan fingerprint density at radius 2 is 2.07 bits per heavy atom. The maximum absolute atomic E-state index is 13.1. The molecule has 1 N–H and O–H groups in total. The zero-order chi connectivity index (χ0) is 10.8. The van der Waals surface area contributed by atoms with Gasteiger partial charge in [0, 0.05) is 6.07 Å². The van der Waals surface area contributed by atoms with Crippen molar-refractivity contribution in [3.8, 4) is 5.75 Å². The third kappa shape index (κ3) is 2.23. The van der Waals surface area contributed by atoms with Gasteiger partial charge in [0.1, 0.15) is 11.6 Å². The Morgan fingerprint density at radius 1 is 1.43 bits per heavy atom. The summed E-state index contributed by atoms with van der Waals surface area (Å²) < 4.78 is 18.0. The normalized spacial score (nSPS) is 14.9. The van der Waals surface area contributed by atoms with Gasteiger partial charge in [-0.15, -0.1) is 0 Å². The first-order valence-electron chi connectivity index (χ1n) is 4.57. The lowest BCUT2D eigenvalue weighted by molar-refractivity contribution is 0.0525. The lowest BCUT2D eigenvalue weighted by Crippen LogP contribution is -2.19. The van der Waals surface area contributed by atoms with Crippen LogP contribution in [0.1, 0.15) is 25.8 Å². The van der Waals surface area contributed by atoms with Crippen LogP contribution in [0.15, 0.2) is 18.2 Å². The molecule has 14 heavy (non-hydrogen) atoms. The predicted octanol–water partition coefficient (Wildman–Crippen LogP) is 2.45. The first kappa shape index (κ1) is 11.0. The number of rotatable bonds is 3. The third-order valence-corrected chi connectivity index (χ3v) is 2.42. The van der Waals surface area contributed by atoms with Gasteiger partial charge in [-0.1, -0.05) is 6.92 Å². The van der Waals surface area contributed by atoms with Gasteiger partial charge in [-0.2, -0.15) is 0 Å². The van der Waals surface area contributed by atoms with E-state index in [9.17, 15) is 9.50 Å². The smallest absolute Gasteiger partial charge is 0.127 e. The minimum absolute atomic E-state index is 0.395. The summed E-state index contributed by atoms with van der Waals surface area (Å²) in [7, 11) is 1.47. The molecule has 0 aliphatic heterocycles. The molecule has 1 atom stereocenters. The summed E-state index contributed by atoms with van der Waals surface area (Å²) >= 11 is 0. The maximum atomic E-state index is 13.1. The van der Waals surface area contributed by atoms with E-state index < -0.39 is 11.4 Å². The second-order valence-electron chi connectivity index (χ2n) is 3.51. The van der Waals surface area contributed by atoms with Crippen LogP contribution in [-0.2, 0) is 5.60 Å². The monoisotopic (exact) mass is 198 g/mol. The topological polar surface area (TPSA) is 29.5 Å². The molecule has 1 rings (SSSR count). The molecule has 3 heteroatoms. The summed E-state index contributed by atoms with van der Waals surface area (Å²) in [5.41, 5.74) is -0.466. The van der Waals surface area contributed by atoms with E-state index in [1.54, 1.807) is 13.0 Å². The van der Waals surface area contributed by atoms with E-state index in [4.69, 9.17) is 4.74 Å². The zero-order valence-electron chi connectivity index (χ0n) is 8.67. The highest BCUT2D eigenvalue weighted by Gasteiger charge is 2.21. The molecule has 0 bridgehead atoms. The van der Waals surface area contributed by atoms with Crippen molar-refractivity contribution >= 4 is 0 Å². The third-order valence-electron chi connectivity index (χ3n) is 2.42. The van der Waals surface area contributed by atoms with Crippen molar-refractivity contribution < 1.29 is 14.2 Å². The van der Waals surface area contributed by atoms with E-state index in [1.807, 2.05) is 6.92 Å². The largest absolute Gasteiger partial charge is 0.497 e. The molecule has 78 valence electrons. The van der Waals surface area contributed by atoms with Gasteiger partial charge in [0.05, 0.1) is 12.7 Å². The van der Waals surface area contributed by atoms with E-state index >= 15 is 0 Å². The van der Waals surface area contributed by atoms with Crippen molar-refractivity contribution in [1.29, 1.82) is 0 Å². The first-order valence-corrected chi connectivity index (χ1v) is 4.57. The number of hydrogen-bond donors (Lipinski definition) is 1. The van der Waals surface area contributed by atoms with Crippen molar-refractivity contribution in [2.24, 2.45) is 0 Å². The van der Waals surface area contributed by atoms with Crippen molar-refractivity contribution in [1.82, 2.24) is 0 Å². The molecule has 0 radical (unpaired) electrons. The molecule has 1 aromatic rings. The summed E-state index contributed by atoms with van der Waals surface area (Å²) in [6, 6.07) is 4.26. The van der Waals surface area contributed by atoms with Crippen LogP contribution in [0.3, 0.4) is 0 Å². The molecule has 0 saturated carbocycles. The van der Waals surface area contributed by atoms with E-state index in [1.165, 1.54) is 19.2 Å². The van der Waals surface area contributed by atoms with Crippen LogP contribution in [0.4, 0.5) is 4.39 Å². The number of benzene rings is 1. The Labute approximate surface area is 83.3 Å². The molecule has 1 unspecified atom stereocenters. The Hall–Kier alpha value is -1.09. The van der Waals surface area contributed by atoms with Crippen LogP contribution in [0.5, 0.6) is 5.75 Å². The Kier molecular flexibility index (Phi) is 3.11. The number of hydrogen-bond acceptors (Lipinski definition) is 2. The van der Waals surface area contributed by atoms with Crippen molar-refractivity contribution in [2.75, 3.05) is 7.11 Å². The fraction of sp³-hybridized carbons (Fsp3) is 0.455. The lowest BCUT2D eigenvalue weighted by atomic mass is 9.93. The second kappa shape index (κ2) is 3.96. The molecule has 0 aliphatic rings. The highest BCUT2D eigenvalue weighted by Crippen LogP contribution is 2.28. The molecule has 0 spiro atoms. The fourth-order valence-corrected chi connectivity index (χ4v) is 1.20. The van der Waals surface area contributed by atoms with E-state index in [2.05, 4.69) is 0 Å². The summed E-state index contributed by atoms with van der Waals surface area (Å²) in [5.74, 6) is 0.0294. The van der Waals surface area contributed by atoms with Crippen LogP contribution in [0.2, 0.25) is 0 Å². The van der Waals surface area contributed by atoms with E-state index in [-0.39, 0.29) is 0 Å². The SMILES string of the molecule is CCC(C)(O)c1cc(F)cc(OC)c1. The molecular formula is C11H15FO2. The van der Waals surface area contributed by atoms with Gasteiger partial charge in [-0.05, 0) is 31.0 Å². The van der Waals surface area contributed by atoms with Gasteiger partial charge in [0.2, 0.25) is 0 Å². The minimum atomic E-state index is -1.00. The van der Waals surface area contributed by atoms with Crippen LogP contribution in [0, 0.1) is 5.82 Å². The first-order chi connectivity index (χ1) is 6.49. The molecule has 0 heterocycles. The van der Waals surface area contributed by atoms with Gasteiger partial charge >= 0.3 is 0 Å². The van der Waals surface area contributed by atoms with Gasteiger partial charge in [0.25, 0.3) is 0 Å². The van der Waals surface area contributed by atoms with Crippen LogP contribution in [-0.4, -0.2) is 12.2 Å². The number of ether oxygens (including phenoxy) is 1. The quantitative estimate of drug-likeness (QED) is 0.808. The molecule has 0 aromatic heterocycles. The summed E-state index contributed by atoms with van der Waals surface area (Å²) in [6.07, 6.45) is 0.527. The summed E-state index contributed by atoms with van der Waals surface area (Å²) in [5, 5.41) is 9.92. The molecule has 0 saturated heterocycles. The standard InChI is InChI=1S/C11H15FO2/c1-4-11(2,13)8-5-9(12)7-10(6-8)14-3/h5-7,13H,4H2,1-3H3. The molecule has 1 aromatic carbocycles. The van der Waals surface area contributed by atoms with E-state index in [0.29, 0.717) is 17.7 Å². The average Bonchev–Trinajstić information content (AvgIpc) is 2.16. The van der Waals surface area contributed by atoms with Crippen LogP contribution >= 0.6 is 0 Å². The second-order valence-corrected chi connectivity index (χ2v) is 3.51. The molecule has 0 aliphatic carbocycles. The van der Waals surface area contributed by atoms with Crippen molar-refractivity contribution in [3.05, 3.63) is 29.6 Å². The molecular weight excluding hydrogens is 183 g/mol. The van der Waals surface area contributed by atoms with Crippen molar-refractivity contribution in [2.45, 2.75) is 25.9 Å². The molecule has 2 nitrogen and oxygen atoms in total. The summed E-state index contributed by atoms with van der Waals surface area (Å²) in [6.45, 7) is 3.50. The Balaban J connectivity index is 3.15. The average molecular weight is 198 g/mol. The zero-order valence-corrected chi connectivity index (χ0v) is 8.67. The van der Waals surface area contributed by atoms with E-state index in [0.717, 1.165) is 0 Å². The number of aliphatic hydroxyl groups is 1. The molecule has 0 amide bonds. The van der Waals surface area contributed by atoms with Crippen LogP contribution < -0.4 is 4.74 Å².